The van der Waals surface area contributed by atoms with E-state index in [1.165, 1.54) is 32.1 Å². The van der Waals surface area contributed by atoms with Crippen LogP contribution in [0.15, 0.2) is 66.9 Å². The second-order valence-corrected chi connectivity index (χ2v) is 8.30. The Bertz CT molecular complexity index is 1190. The van der Waals surface area contributed by atoms with E-state index in [0.29, 0.717) is 24.5 Å². The number of benzene rings is 2. The number of anilines is 2. The summed E-state index contributed by atoms with van der Waals surface area (Å²) < 4.78 is 5.81. The first kappa shape index (κ1) is 20.2. The summed E-state index contributed by atoms with van der Waals surface area (Å²) in [5, 5.41) is 4.60. The van der Waals surface area contributed by atoms with Crippen LogP contribution in [0.1, 0.15) is 37.7 Å². The van der Waals surface area contributed by atoms with Crippen molar-refractivity contribution in [2.24, 2.45) is 0 Å². The lowest BCUT2D eigenvalue weighted by Gasteiger charge is -2.24. The molecule has 0 radical (unpaired) electrons. The van der Waals surface area contributed by atoms with Crippen LogP contribution in [0.4, 0.5) is 11.8 Å². The Morgan fingerprint density at radius 2 is 1.72 bits per heavy atom. The Kier molecular flexibility index (Phi) is 5.83. The van der Waals surface area contributed by atoms with Crippen molar-refractivity contribution in [3.63, 3.8) is 0 Å². The average molecular weight is 426 g/mol. The van der Waals surface area contributed by atoms with Crippen molar-refractivity contribution in [3.05, 3.63) is 72.4 Å². The topological polar surface area (TPSA) is 86.0 Å². The maximum Gasteiger partial charge on any atom is 0.222 e. The third-order valence-electron chi connectivity index (χ3n) is 5.96. The molecule has 2 aromatic heterocycles. The largest absolute Gasteiger partial charge is 0.473 e. The van der Waals surface area contributed by atoms with Gasteiger partial charge in [0.15, 0.2) is 0 Å². The van der Waals surface area contributed by atoms with Gasteiger partial charge in [0.05, 0.1) is 5.52 Å². The molecule has 6 nitrogen and oxygen atoms in total. The van der Waals surface area contributed by atoms with Gasteiger partial charge in [0, 0.05) is 29.3 Å². The molecule has 1 aliphatic rings. The molecular weight excluding hydrogens is 398 g/mol. The van der Waals surface area contributed by atoms with Crippen molar-refractivity contribution in [1.82, 2.24) is 15.0 Å². The molecule has 2 aromatic carbocycles. The van der Waals surface area contributed by atoms with Crippen LogP contribution in [0.3, 0.4) is 0 Å². The summed E-state index contributed by atoms with van der Waals surface area (Å²) in [4.78, 5) is 13.4. The van der Waals surface area contributed by atoms with Gasteiger partial charge in [0.25, 0.3) is 0 Å². The number of aromatic nitrogens is 3. The highest BCUT2D eigenvalue weighted by Crippen LogP contribution is 2.30. The predicted molar refractivity (Wildman–Crippen MR) is 128 cm³/mol. The van der Waals surface area contributed by atoms with Gasteiger partial charge in [0.2, 0.25) is 11.8 Å². The summed E-state index contributed by atoms with van der Waals surface area (Å²) in [6.45, 7) is 0.498. The molecule has 0 spiro atoms. The van der Waals surface area contributed by atoms with Gasteiger partial charge in [-0.05, 0) is 42.2 Å². The van der Waals surface area contributed by atoms with Gasteiger partial charge in [-0.3, -0.25) is 0 Å². The summed E-state index contributed by atoms with van der Waals surface area (Å²) in [5.74, 6) is 1.72. The Balaban J connectivity index is 1.37. The minimum absolute atomic E-state index is 0.296. The van der Waals surface area contributed by atoms with Crippen molar-refractivity contribution >= 4 is 22.7 Å². The molecule has 0 bridgehead atoms. The number of ether oxygens (including phenoxy) is 1. The second-order valence-electron chi connectivity index (χ2n) is 8.30. The standard InChI is InChI=1S/C26H27N5O/c27-26-30-23-13-11-19(15-22(23)25(31-26)29-21-9-5-2-6-10-21)20-12-14-24(28-16-20)32-17-18-7-3-1-4-8-18/h1,3-4,7-8,11-16,21H,2,5-6,9-10,17H2,(H3,27,29,30,31). The van der Waals surface area contributed by atoms with E-state index in [4.69, 9.17) is 10.5 Å². The maximum absolute atomic E-state index is 5.98. The van der Waals surface area contributed by atoms with E-state index in [-0.39, 0.29) is 0 Å². The lowest BCUT2D eigenvalue weighted by Crippen LogP contribution is -2.23. The smallest absolute Gasteiger partial charge is 0.222 e. The third-order valence-corrected chi connectivity index (χ3v) is 5.96. The Morgan fingerprint density at radius 3 is 2.50 bits per heavy atom. The normalized spacial score (nSPS) is 14.4. The number of nitrogens with two attached hydrogens (primary N) is 1. The van der Waals surface area contributed by atoms with Crippen LogP contribution in [-0.2, 0) is 6.61 Å². The van der Waals surface area contributed by atoms with E-state index in [9.17, 15) is 0 Å². The molecular formula is C26H27N5O. The molecule has 1 fully saturated rings. The van der Waals surface area contributed by atoms with Gasteiger partial charge >= 0.3 is 0 Å². The van der Waals surface area contributed by atoms with Crippen LogP contribution in [0.2, 0.25) is 0 Å². The molecule has 1 saturated carbocycles. The van der Waals surface area contributed by atoms with Crippen LogP contribution in [0.25, 0.3) is 22.0 Å². The zero-order valence-corrected chi connectivity index (χ0v) is 18.0. The predicted octanol–water partition coefficient (Wildman–Crippen LogP) is 5.60. The van der Waals surface area contributed by atoms with Gasteiger partial charge in [-0.2, -0.15) is 4.98 Å². The van der Waals surface area contributed by atoms with Gasteiger partial charge in [0.1, 0.15) is 12.4 Å². The van der Waals surface area contributed by atoms with Gasteiger partial charge < -0.3 is 15.8 Å². The Labute approximate surface area is 187 Å². The number of fused-ring (bicyclic) bond motifs is 1. The number of nitrogen functional groups attached to an aromatic ring is 1. The van der Waals surface area contributed by atoms with Gasteiger partial charge in [-0.1, -0.05) is 55.7 Å². The minimum Gasteiger partial charge on any atom is -0.473 e. The number of hydrogen-bond donors (Lipinski definition) is 2. The lowest BCUT2D eigenvalue weighted by atomic mass is 9.95. The number of hydrogen-bond acceptors (Lipinski definition) is 6. The molecule has 4 aromatic rings. The highest BCUT2D eigenvalue weighted by molar-refractivity contribution is 5.93. The second kappa shape index (κ2) is 9.22. The van der Waals surface area contributed by atoms with E-state index in [1.807, 2.05) is 60.8 Å². The molecule has 32 heavy (non-hydrogen) atoms. The maximum atomic E-state index is 5.98. The Hall–Kier alpha value is -3.67. The summed E-state index contributed by atoms with van der Waals surface area (Å²) >= 11 is 0. The number of pyridine rings is 1. The number of rotatable bonds is 6. The van der Waals surface area contributed by atoms with Crippen molar-refractivity contribution in [2.45, 2.75) is 44.8 Å². The molecule has 0 atom stereocenters. The first-order chi connectivity index (χ1) is 15.7. The van der Waals surface area contributed by atoms with E-state index in [2.05, 4.69) is 26.3 Å². The first-order valence-corrected chi connectivity index (χ1v) is 11.2. The molecule has 6 heteroatoms. The molecule has 5 rings (SSSR count). The summed E-state index contributed by atoms with van der Waals surface area (Å²) in [6, 6.07) is 20.6. The number of nitrogens with zero attached hydrogens (tertiary/aromatic N) is 3. The summed E-state index contributed by atoms with van der Waals surface area (Å²) in [6.07, 6.45) is 8.00. The molecule has 0 unspecified atom stereocenters. The fraction of sp³-hybridized carbons (Fsp3) is 0.269. The molecule has 3 N–H and O–H groups in total. The van der Waals surface area contributed by atoms with Crippen LogP contribution in [0, 0.1) is 0 Å². The van der Waals surface area contributed by atoms with Crippen LogP contribution in [-0.4, -0.2) is 21.0 Å². The van der Waals surface area contributed by atoms with Gasteiger partial charge in [-0.25, -0.2) is 9.97 Å². The highest BCUT2D eigenvalue weighted by atomic mass is 16.5. The van der Waals surface area contributed by atoms with E-state index >= 15 is 0 Å². The summed E-state index contributed by atoms with van der Waals surface area (Å²) in [5.41, 5.74) is 10.0. The molecule has 0 aliphatic heterocycles. The highest BCUT2D eigenvalue weighted by Gasteiger charge is 2.16. The summed E-state index contributed by atoms with van der Waals surface area (Å²) in [7, 11) is 0. The van der Waals surface area contributed by atoms with Crippen molar-refractivity contribution in [1.29, 1.82) is 0 Å². The van der Waals surface area contributed by atoms with Crippen LogP contribution in [0.5, 0.6) is 5.88 Å². The first-order valence-electron chi connectivity index (χ1n) is 11.2. The molecule has 2 heterocycles. The lowest BCUT2D eigenvalue weighted by molar-refractivity contribution is 0.294. The van der Waals surface area contributed by atoms with Crippen molar-refractivity contribution in [2.75, 3.05) is 11.1 Å². The van der Waals surface area contributed by atoms with Crippen LogP contribution >= 0.6 is 0 Å². The quantitative estimate of drug-likeness (QED) is 0.418. The van der Waals surface area contributed by atoms with Crippen LogP contribution < -0.4 is 15.8 Å². The average Bonchev–Trinajstić information content (AvgIpc) is 2.84. The minimum atomic E-state index is 0.296. The van der Waals surface area contributed by atoms with Crippen molar-refractivity contribution < 1.29 is 4.74 Å². The zero-order chi connectivity index (χ0) is 21.8. The number of nitrogens with one attached hydrogen (secondary N) is 1. The zero-order valence-electron chi connectivity index (χ0n) is 18.0. The third kappa shape index (κ3) is 4.64. The molecule has 1 aliphatic carbocycles. The van der Waals surface area contributed by atoms with E-state index < -0.39 is 0 Å². The fourth-order valence-corrected chi connectivity index (χ4v) is 4.24. The Morgan fingerprint density at radius 1 is 0.906 bits per heavy atom. The van der Waals surface area contributed by atoms with Gasteiger partial charge in [-0.15, -0.1) is 0 Å². The van der Waals surface area contributed by atoms with Crippen molar-refractivity contribution in [3.8, 4) is 17.0 Å². The van der Waals surface area contributed by atoms with E-state index in [0.717, 1.165) is 33.4 Å². The molecule has 0 amide bonds. The fourth-order valence-electron chi connectivity index (χ4n) is 4.24. The molecule has 162 valence electrons. The van der Waals surface area contributed by atoms with E-state index in [1.54, 1.807) is 0 Å². The monoisotopic (exact) mass is 425 g/mol. The SMILES string of the molecule is Nc1nc(NC2CCCCC2)c2cc(-c3ccc(OCc4ccccc4)nc3)ccc2n1. The molecule has 0 saturated heterocycles.